The second-order valence-corrected chi connectivity index (χ2v) is 9.38. The first kappa shape index (κ1) is 22.1. The third kappa shape index (κ3) is 5.65. The largest absolute Gasteiger partial charge is 0.462 e. The van der Waals surface area contributed by atoms with Crippen molar-refractivity contribution in [3.05, 3.63) is 35.9 Å². The van der Waals surface area contributed by atoms with E-state index in [9.17, 15) is 14.8 Å². The van der Waals surface area contributed by atoms with Gasteiger partial charge in [-0.3, -0.25) is 9.59 Å². The van der Waals surface area contributed by atoms with Gasteiger partial charge < -0.3 is 9.47 Å². The standard InChI is InChI=1S/C20H27INO5/c1-19(2)12-15(13-20(3,4)22(19)25)17(23)26-10-11-27-18(24)16(21)14-8-6-5-7-9-14/h5-9,15-16H,10-13H2,1-4H3. The lowest BCUT2D eigenvalue weighted by Crippen LogP contribution is -2.59. The highest BCUT2D eigenvalue weighted by atomic mass is 127. The minimum Gasteiger partial charge on any atom is -0.462 e. The fourth-order valence-electron chi connectivity index (χ4n) is 3.66. The van der Waals surface area contributed by atoms with Crippen molar-refractivity contribution in [3.63, 3.8) is 0 Å². The first-order chi connectivity index (χ1) is 12.5. The summed E-state index contributed by atoms with van der Waals surface area (Å²) in [6.45, 7) is 7.39. The highest BCUT2D eigenvalue weighted by Gasteiger charge is 2.48. The van der Waals surface area contributed by atoms with Gasteiger partial charge in [0, 0.05) is 11.1 Å². The molecule has 0 aromatic heterocycles. The Morgan fingerprint density at radius 1 is 1.07 bits per heavy atom. The Morgan fingerprint density at radius 2 is 1.59 bits per heavy atom. The average Bonchev–Trinajstić information content (AvgIpc) is 2.62. The molecule has 1 aromatic carbocycles. The lowest BCUT2D eigenvalue weighted by molar-refractivity contribution is -0.293. The fourth-order valence-corrected chi connectivity index (χ4v) is 4.26. The van der Waals surface area contributed by atoms with E-state index in [4.69, 9.17) is 9.47 Å². The Hall–Kier alpha value is -1.19. The van der Waals surface area contributed by atoms with Gasteiger partial charge in [0.1, 0.15) is 17.1 Å². The smallest absolute Gasteiger partial charge is 0.323 e. The number of alkyl halides is 1. The van der Waals surface area contributed by atoms with Crippen molar-refractivity contribution in [3.8, 4) is 0 Å². The molecule has 1 radical (unpaired) electrons. The molecule has 6 nitrogen and oxygen atoms in total. The molecule has 0 amide bonds. The van der Waals surface area contributed by atoms with E-state index in [1.54, 1.807) is 0 Å². The molecule has 0 bridgehead atoms. The van der Waals surface area contributed by atoms with Crippen LogP contribution in [0.15, 0.2) is 30.3 Å². The SMILES string of the molecule is CC1(C)CC(C(=O)OCCOC(=O)C(I)c2ccccc2)CC(C)(C)N1[O]. The zero-order chi connectivity index (χ0) is 20.2. The number of ether oxygens (including phenoxy) is 2. The molecule has 1 atom stereocenters. The van der Waals surface area contributed by atoms with Crippen LogP contribution >= 0.6 is 22.6 Å². The van der Waals surface area contributed by atoms with Crippen LogP contribution in [0, 0.1) is 5.92 Å². The van der Waals surface area contributed by atoms with Crippen LogP contribution < -0.4 is 0 Å². The quantitative estimate of drug-likeness (QED) is 0.263. The van der Waals surface area contributed by atoms with Crippen LogP contribution in [0.3, 0.4) is 0 Å². The minimum absolute atomic E-state index is 0.0150. The molecule has 1 aliphatic rings. The molecule has 0 spiro atoms. The zero-order valence-electron chi connectivity index (χ0n) is 16.2. The Morgan fingerprint density at radius 3 is 2.15 bits per heavy atom. The molecule has 1 fully saturated rings. The monoisotopic (exact) mass is 488 g/mol. The summed E-state index contributed by atoms with van der Waals surface area (Å²) in [5, 5.41) is 13.4. The second-order valence-electron chi connectivity index (χ2n) is 8.13. The Labute approximate surface area is 174 Å². The van der Waals surface area contributed by atoms with Crippen LogP contribution in [-0.2, 0) is 24.3 Å². The number of rotatable bonds is 6. The topological polar surface area (TPSA) is 75.7 Å². The van der Waals surface area contributed by atoms with E-state index in [1.165, 1.54) is 0 Å². The van der Waals surface area contributed by atoms with Crippen molar-refractivity contribution in [1.29, 1.82) is 0 Å². The van der Waals surface area contributed by atoms with Gasteiger partial charge >= 0.3 is 11.9 Å². The van der Waals surface area contributed by atoms with Crippen molar-refractivity contribution in [2.24, 2.45) is 5.92 Å². The summed E-state index contributed by atoms with van der Waals surface area (Å²) in [5.41, 5.74) is -0.377. The third-order valence-electron chi connectivity index (χ3n) is 4.80. The van der Waals surface area contributed by atoms with Gasteiger partial charge in [-0.25, -0.2) is 0 Å². The van der Waals surface area contributed by atoms with Gasteiger partial charge in [-0.2, -0.15) is 0 Å². The molecule has 1 aliphatic heterocycles. The number of hydrogen-bond acceptors (Lipinski definition) is 5. The molecule has 2 rings (SSSR count). The first-order valence-electron chi connectivity index (χ1n) is 9.04. The second kappa shape index (κ2) is 8.87. The number of carbonyl (C=O) groups excluding carboxylic acids is 2. The Kier molecular flexibility index (Phi) is 7.27. The summed E-state index contributed by atoms with van der Waals surface area (Å²) in [6.07, 6.45) is 0.894. The summed E-state index contributed by atoms with van der Waals surface area (Å²) in [4.78, 5) is 24.5. The molecule has 7 heteroatoms. The maximum absolute atomic E-state index is 12.4. The summed E-state index contributed by atoms with van der Waals surface area (Å²) in [6, 6.07) is 9.35. The molecule has 1 heterocycles. The van der Waals surface area contributed by atoms with Gasteiger partial charge in [-0.15, -0.1) is 10.3 Å². The molecule has 149 valence electrons. The summed E-state index contributed by atoms with van der Waals surface area (Å²) in [5.74, 6) is -1.04. The maximum atomic E-state index is 12.4. The van der Waals surface area contributed by atoms with Crippen molar-refractivity contribution >= 4 is 34.5 Å². The maximum Gasteiger partial charge on any atom is 0.323 e. The highest BCUT2D eigenvalue weighted by molar-refractivity contribution is 14.1. The van der Waals surface area contributed by atoms with Crippen molar-refractivity contribution < 1.29 is 24.3 Å². The third-order valence-corrected chi connectivity index (χ3v) is 6.02. The number of hydroxylamine groups is 2. The van der Waals surface area contributed by atoms with E-state index in [1.807, 2.05) is 80.6 Å². The predicted molar refractivity (Wildman–Crippen MR) is 109 cm³/mol. The average molecular weight is 488 g/mol. The highest BCUT2D eigenvalue weighted by Crippen LogP contribution is 2.40. The predicted octanol–water partition coefficient (Wildman–Crippen LogP) is 3.86. The van der Waals surface area contributed by atoms with E-state index in [2.05, 4.69) is 0 Å². The number of halogens is 1. The summed E-state index contributed by atoms with van der Waals surface area (Å²) in [7, 11) is 0. The number of benzene rings is 1. The Bertz CT molecular complexity index is 644. The number of nitrogens with zero attached hydrogens (tertiary/aromatic N) is 1. The fraction of sp³-hybridized carbons (Fsp3) is 0.600. The van der Waals surface area contributed by atoms with Crippen LogP contribution in [0.1, 0.15) is 50.0 Å². The molecule has 1 aromatic rings. The van der Waals surface area contributed by atoms with Crippen LogP contribution in [0.5, 0.6) is 0 Å². The molecular formula is C20H27INO5. The van der Waals surface area contributed by atoms with E-state index >= 15 is 0 Å². The van der Waals surface area contributed by atoms with E-state index < -0.39 is 15.0 Å². The molecule has 1 unspecified atom stereocenters. The van der Waals surface area contributed by atoms with Gasteiger partial charge in [0.15, 0.2) is 0 Å². The van der Waals surface area contributed by atoms with Gasteiger partial charge in [0.25, 0.3) is 0 Å². The molecule has 0 aliphatic carbocycles. The molecule has 1 saturated heterocycles. The van der Waals surface area contributed by atoms with Crippen LogP contribution in [0.4, 0.5) is 0 Å². The van der Waals surface area contributed by atoms with Crippen LogP contribution in [0.2, 0.25) is 0 Å². The number of esters is 2. The minimum atomic E-state index is -0.623. The lowest BCUT2D eigenvalue weighted by Gasteiger charge is -2.49. The molecular weight excluding hydrogens is 461 g/mol. The zero-order valence-corrected chi connectivity index (χ0v) is 18.4. The Balaban J connectivity index is 1.78. The molecule has 0 saturated carbocycles. The normalized spacial score (nSPS) is 20.7. The lowest BCUT2D eigenvalue weighted by atomic mass is 9.75. The molecule has 27 heavy (non-hydrogen) atoms. The molecule has 0 N–H and O–H groups in total. The van der Waals surface area contributed by atoms with Crippen molar-refractivity contribution in [2.45, 2.75) is 55.5 Å². The van der Waals surface area contributed by atoms with E-state index in [0.29, 0.717) is 12.8 Å². The first-order valence-corrected chi connectivity index (χ1v) is 10.3. The van der Waals surface area contributed by atoms with E-state index in [0.717, 1.165) is 10.6 Å². The van der Waals surface area contributed by atoms with Crippen LogP contribution in [0.25, 0.3) is 0 Å². The number of piperidine rings is 1. The van der Waals surface area contributed by atoms with Crippen LogP contribution in [-0.4, -0.2) is 41.3 Å². The van der Waals surface area contributed by atoms with Gasteiger partial charge in [0.2, 0.25) is 0 Å². The van der Waals surface area contributed by atoms with Gasteiger partial charge in [-0.1, -0.05) is 52.9 Å². The number of carbonyl (C=O) groups is 2. The van der Waals surface area contributed by atoms with Gasteiger partial charge in [-0.05, 0) is 46.1 Å². The van der Waals surface area contributed by atoms with Crippen molar-refractivity contribution in [2.75, 3.05) is 13.2 Å². The van der Waals surface area contributed by atoms with Crippen molar-refractivity contribution in [1.82, 2.24) is 5.06 Å². The summed E-state index contributed by atoms with van der Waals surface area (Å²) >= 11 is 2.03. The number of hydrogen-bond donors (Lipinski definition) is 0. The van der Waals surface area contributed by atoms with E-state index in [-0.39, 0.29) is 31.1 Å². The van der Waals surface area contributed by atoms with Gasteiger partial charge in [0.05, 0.1) is 5.92 Å². The summed E-state index contributed by atoms with van der Waals surface area (Å²) < 4.78 is 10.1.